The fraction of sp³-hybridized carbons (Fsp3) is 0.333. The zero-order valence-electron chi connectivity index (χ0n) is 15.6. The lowest BCUT2D eigenvalue weighted by molar-refractivity contribution is -0.117. The highest BCUT2D eigenvalue weighted by molar-refractivity contribution is 5.96. The van der Waals surface area contributed by atoms with Crippen molar-refractivity contribution in [2.24, 2.45) is 0 Å². The minimum Gasteiger partial charge on any atom is -0.333 e. The maximum absolute atomic E-state index is 13.1. The summed E-state index contributed by atoms with van der Waals surface area (Å²) in [6.07, 6.45) is 0.236. The smallest absolute Gasteiger partial charge is 0.318 e. The van der Waals surface area contributed by atoms with Gasteiger partial charge in [-0.3, -0.25) is 4.79 Å². The number of hydrogen-bond donors (Lipinski definition) is 1. The first-order valence-corrected chi connectivity index (χ1v) is 9.11. The zero-order valence-corrected chi connectivity index (χ0v) is 15.6. The van der Waals surface area contributed by atoms with Crippen LogP contribution in [0.3, 0.4) is 0 Å². The number of hydrogen-bond acceptors (Lipinski definition) is 2. The Bertz CT molecular complexity index is 793. The molecule has 1 heterocycles. The number of nitrogens with zero attached hydrogens (tertiary/aromatic N) is 2. The predicted octanol–water partition coefficient (Wildman–Crippen LogP) is 3.55. The molecule has 0 aromatic heterocycles. The fourth-order valence-corrected chi connectivity index (χ4v) is 3.20. The summed E-state index contributed by atoms with van der Waals surface area (Å²) >= 11 is 0. The van der Waals surface area contributed by atoms with E-state index in [0.717, 1.165) is 5.56 Å². The van der Waals surface area contributed by atoms with Gasteiger partial charge in [-0.1, -0.05) is 30.3 Å². The first-order chi connectivity index (χ1) is 12.9. The van der Waals surface area contributed by atoms with E-state index in [0.29, 0.717) is 18.8 Å². The van der Waals surface area contributed by atoms with Crippen LogP contribution in [0.4, 0.5) is 14.9 Å². The molecule has 2 aromatic rings. The van der Waals surface area contributed by atoms with Crippen molar-refractivity contribution in [3.8, 4) is 0 Å². The summed E-state index contributed by atoms with van der Waals surface area (Å²) in [4.78, 5) is 28.4. The van der Waals surface area contributed by atoms with Gasteiger partial charge in [0.25, 0.3) is 0 Å². The molecule has 0 aliphatic carbocycles. The Morgan fingerprint density at radius 2 is 1.85 bits per heavy atom. The van der Waals surface area contributed by atoms with Gasteiger partial charge in [0.2, 0.25) is 5.91 Å². The lowest BCUT2D eigenvalue weighted by atomic mass is 10.2. The van der Waals surface area contributed by atoms with Crippen LogP contribution in [0.2, 0.25) is 0 Å². The molecule has 3 rings (SSSR count). The van der Waals surface area contributed by atoms with Crippen LogP contribution in [0.15, 0.2) is 54.6 Å². The molecular weight excluding hydrogens is 345 g/mol. The van der Waals surface area contributed by atoms with Crippen LogP contribution in [-0.4, -0.2) is 35.5 Å². The van der Waals surface area contributed by atoms with Crippen molar-refractivity contribution in [1.29, 1.82) is 0 Å². The second kappa shape index (κ2) is 8.20. The average molecular weight is 369 g/mol. The summed E-state index contributed by atoms with van der Waals surface area (Å²) in [5.41, 5.74) is 1.69. The summed E-state index contributed by atoms with van der Waals surface area (Å²) in [5.74, 6) is -0.421. The van der Waals surface area contributed by atoms with Crippen LogP contribution in [0, 0.1) is 5.82 Å². The standard InChI is InChI=1S/C21H24FN3O2/c1-15(2)24(13-16-6-4-3-5-7-16)21(27)23-18-12-20(26)25(14-18)19-10-8-17(22)9-11-19/h3-11,15,18H,12-14H2,1-2H3,(H,23,27)/t18-/m0/s1. The molecule has 1 fully saturated rings. The molecule has 0 radical (unpaired) electrons. The zero-order chi connectivity index (χ0) is 19.4. The number of carbonyl (C=O) groups excluding carboxylic acids is 2. The molecule has 0 spiro atoms. The highest BCUT2D eigenvalue weighted by Crippen LogP contribution is 2.22. The highest BCUT2D eigenvalue weighted by Gasteiger charge is 2.32. The van der Waals surface area contributed by atoms with Gasteiger partial charge in [0.15, 0.2) is 0 Å². The third-order valence-electron chi connectivity index (χ3n) is 4.67. The Balaban J connectivity index is 1.64. The molecule has 6 heteroatoms. The third kappa shape index (κ3) is 4.64. The van der Waals surface area contributed by atoms with Crippen molar-refractivity contribution < 1.29 is 14.0 Å². The summed E-state index contributed by atoms with van der Waals surface area (Å²) in [6.45, 7) is 4.82. The lowest BCUT2D eigenvalue weighted by Gasteiger charge is -2.28. The van der Waals surface area contributed by atoms with Crippen molar-refractivity contribution in [2.75, 3.05) is 11.4 Å². The Hall–Kier alpha value is -2.89. The van der Waals surface area contributed by atoms with Gasteiger partial charge in [0.1, 0.15) is 5.82 Å². The van der Waals surface area contributed by atoms with Crippen LogP contribution in [-0.2, 0) is 11.3 Å². The van der Waals surface area contributed by atoms with Crippen LogP contribution in [0.5, 0.6) is 0 Å². The molecule has 2 aromatic carbocycles. The van der Waals surface area contributed by atoms with Gasteiger partial charge in [0.05, 0.1) is 6.04 Å². The van der Waals surface area contributed by atoms with Gasteiger partial charge in [-0.15, -0.1) is 0 Å². The molecule has 142 valence electrons. The first-order valence-electron chi connectivity index (χ1n) is 9.11. The lowest BCUT2D eigenvalue weighted by Crippen LogP contribution is -2.48. The maximum Gasteiger partial charge on any atom is 0.318 e. The predicted molar refractivity (Wildman–Crippen MR) is 103 cm³/mol. The molecule has 1 N–H and O–H groups in total. The van der Waals surface area contributed by atoms with Crippen LogP contribution in [0.25, 0.3) is 0 Å². The van der Waals surface area contributed by atoms with E-state index in [1.165, 1.54) is 12.1 Å². The van der Waals surface area contributed by atoms with Crippen LogP contribution >= 0.6 is 0 Å². The molecule has 1 atom stereocenters. The minimum atomic E-state index is -0.344. The van der Waals surface area contributed by atoms with E-state index in [1.54, 1.807) is 21.9 Å². The van der Waals surface area contributed by atoms with Crippen molar-refractivity contribution in [1.82, 2.24) is 10.2 Å². The van der Waals surface area contributed by atoms with E-state index in [1.807, 2.05) is 44.2 Å². The SMILES string of the molecule is CC(C)N(Cc1ccccc1)C(=O)N[C@H]1CC(=O)N(c2ccc(F)cc2)C1. The van der Waals surface area contributed by atoms with E-state index in [4.69, 9.17) is 0 Å². The number of urea groups is 1. The Morgan fingerprint density at radius 3 is 2.48 bits per heavy atom. The Morgan fingerprint density at radius 1 is 1.19 bits per heavy atom. The van der Waals surface area contributed by atoms with Gasteiger partial charge in [-0.2, -0.15) is 0 Å². The van der Waals surface area contributed by atoms with Gasteiger partial charge < -0.3 is 15.1 Å². The number of rotatable bonds is 5. The van der Waals surface area contributed by atoms with E-state index in [2.05, 4.69) is 5.32 Å². The molecule has 1 aliphatic heterocycles. The van der Waals surface area contributed by atoms with Crippen molar-refractivity contribution in [3.05, 3.63) is 66.0 Å². The number of carbonyl (C=O) groups is 2. The quantitative estimate of drug-likeness (QED) is 0.876. The molecule has 0 bridgehead atoms. The average Bonchev–Trinajstić information content (AvgIpc) is 3.01. The molecule has 1 aliphatic rings. The minimum absolute atomic E-state index is 0.0236. The van der Waals surface area contributed by atoms with Crippen LogP contribution < -0.4 is 10.2 Å². The molecule has 1 saturated heterocycles. The van der Waals surface area contributed by atoms with Gasteiger partial charge in [-0.25, -0.2) is 9.18 Å². The maximum atomic E-state index is 13.1. The molecular formula is C21H24FN3O2. The van der Waals surface area contributed by atoms with E-state index >= 15 is 0 Å². The Labute approximate surface area is 158 Å². The summed E-state index contributed by atoms with van der Waals surface area (Å²) < 4.78 is 13.1. The number of anilines is 1. The summed E-state index contributed by atoms with van der Waals surface area (Å²) in [5, 5.41) is 2.97. The second-order valence-corrected chi connectivity index (χ2v) is 7.04. The molecule has 5 nitrogen and oxygen atoms in total. The number of halogens is 1. The van der Waals surface area contributed by atoms with Gasteiger partial charge >= 0.3 is 6.03 Å². The fourth-order valence-electron chi connectivity index (χ4n) is 3.20. The monoisotopic (exact) mass is 369 g/mol. The largest absolute Gasteiger partial charge is 0.333 e. The third-order valence-corrected chi connectivity index (χ3v) is 4.67. The number of nitrogens with one attached hydrogen (secondary N) is 1. The van der Waals surface area contributed by atoms with Crippen LogP contribution in [0.1, 0.15) is 25.8 Å². The van der Waals surface area contributed by atoms with Crippen molar-refractivity contribution in [2.45, 2.75) is 38.9 Å². The van der Waals surface area contributed by atoms with E-state index in [9.17, 15) is 14.0 Å². The summed E-state index contributed by atoms with van der Waals surface area (Å²) in [7, 11) is 0. The van der Waals surface area contributed by atoms with Crippen molar-refractivity contribution in [3.63, 3.8) is 0 Å². The van der Waals surface area contributed by atoms with E-state index < -0.39 is 0 Å². The summed E-state index contributed by atoms with van der Waals surface area (Å²) in [6, 6.07) is 15.2. The molecule has 3 amide bonds. The van der Waals surface area contributed by atoms with Gasteiger partial charge in [0, 0.05) is 31.2 Å². The van der Waals surface area contributed by atoms with Gasteiger partial charge in [-0.05, 0) is 43.7 Å². The normalized spacial score (nSPS) is 16.7. The first kappa shape index (κ1) is 18.9. The molecule has 0 saturated carbocycles. The number of benzene rings is 2. The molecule has 27 heavy (non-hydrogen) atoms. The topological polar surface area (TPSA) is 52.7 Å². The number of amides is 3. The second-order valence-electron chi connectivity index (χ2n) is 7.04. The highest BCUT2D eigenvalue weighted by atomic mass is 19.1. The Kier molecular flexibility index (Phi) is 5.74. The molecule has 0 unspecified atom stereocenters. The van der Waals surface area contributed by atoms with Crippen molar-refractivity contribution >= 4 is 17.6 Å². The van der Waals surface area contributed by atoms with E-state index in [-0.39, 0.29) is 36.3 Å².